The van der Waals surface area contributed by atoms with E-state index in [9.17, 15) is 21.6 Å². The van der Waals surface area contributed by atoms with Crippen molar-refractivity contribution >= 4 is 25.8 Å². The van der Waals surface area contributed by atoms with Gasteiger partial charge < -0.3 is 9.84 Å². The third kappa shape index (κ3) is 8.07. The van der Waals surface area contributed by atoms with E-state index in [1.54, 1.807) is 0 Å². The maximum atomic E-state index is 11.4. The molecule has 1 atom stereocenters. The predicted octanol–water partition coefficient (Wildman–Crippen LogP) is -1.95. The third-order valence-corrected chi connectivity index (χ3v) is 4.27. The van der Waals surface area contributed by atoms with E-state index in [0.29, 0.717) is 0 Å². The monoisotopic (exact) mass is 289 g/mol. The molecule has 102 valence electrons. The van der Waals surface area contributed by atoms with Crippen molar-refractivity contribution in [1.82, 2.24) is 4.72 Å². The van der Waals surface area contributed by atoms with Crippen LogP contribution in [0, 0.1) is 0 Å². The lowest BCUT2D eigenvalue weighted by molar-refractivity contribution is -0.140. The molecule has 0 radical (unpaired) electrons. The van der Waals surface area contributed by atoms with Gasteiger partial charge in [-0.05, 0) is 0 Å². The van der Waals surface area contributed by atoms with Crippen LogP contribution in [0.4, 0.5) is 0 Å². The van der Waals surface area contributed by atoms with Crippen molar-refractivity contribution in [3.63, 3.8) is 0 Å². The molecule has 0 aliphatic heterocycles. The lowest BCUT2D eigenvalue weighted by Gasteiger charge is -2.13. The van der Waals surface area contributed by atoms with Crippen molar-refractivity contribution in [1.29, 1.82) is 0 Å². The summed E-state index contributed by atoms with van der Waals surface area (Å²) >= 11 is 0. The van der Waals surface area contributed by atoms with Gasteiger partial charge in [-0.2, -0.15) is 4.72 Å². The number of sulfone groups is 1. The highest BCUT2D eigenvalue weighted by atomic mass is 32.2. The second-order valence-electron chi connectivity index (χ2n) is 3.41. The molecule has 0 saturated heterocycles. The molecule has 0 aliphatic carbocycles. The molecule has 0 saturated carbocycles. The predicted molar refractivity (Wildman–Crippen MR) is 59.9 cm³/mol. The van der Waals surface area contributed by atoms with Crippen LogP contribution in [0.25, 0.3) is 0 Å². The van der Waals surface area contributed by atoms with Gasteiger partial charge in [0, 0.05) is 13.4 Å². The lowest BCUT2D eigenvalue weighted by Crippen LogP contribution is -2.45. The Labute approximate surface area is 99.9 Å². The molecular formula is C7H15NO7S2. The van der Waals surface area contributed by atoms with E-state index in [-0.39, 0.29) is 6.61 Å². The maximum absolute atomic E-state index is 11.4. The smallest absolute Gasteiger partial charge is 0.324 e. The first-order valence-electron chi connectivity index (χ1n) is 4.47. The number of carbonyl (C=O) groups is 1. The van der Waals surface area contributed by atoms with Crippen molar-refractivity contribution in [2.75, 3.05) is 31.5 Å². The zero-order valence-corrected chi connectivity index (χ0v) is 11.0. The van der Waals surface area contributed by atoms with Crippen molar-refractivity contribution in [3.05, 3.63) is 0 Å². The van der Waals surface area contributed by atoms with Gasteiger partial charge in [0.25, 0.3) is 0 Å². The topological polar surface area (TPSA) is 127 Å². The Hall–Kier alpha value is -0.710. The molecule has 0 aromatic carbocycles. The van der Waals surface area contributed by atoms with Crippen LogP contribution >= 0.6 is 0 Å². The van der Waals surface area contributed by atoms with Crippen LogP contribution in [0.2, 0.25) is 0 Å². The number of rotatable bonds is 8. The molecule has 10 heteroatoms. The van der Waals surface area contributed by atoms with Crippen molar-refractivity contribution < 1.29 is 31.5 Å². The minimum atomic E-state index is -3.97. The Morgan fingerprint density at radius 2 is 1.82 bits per heavy atom. The van der Waals surface area contributed by atoms with Gasteiger partial charge in [0.05, 0.1) is 18.1 Å². The molecule has 0 aromatic heterocycles. The third-order valence-electron chi connectivity index (χ3n) is 1.68. The van der Waals surface area contributed by atoms with Gasteiger partial charge in [-0.15, -0.1) is 0 Å². The fourth-order valence-corrected chi connectivity index (χ4v) is 3.67. The van der Waals surface area contributed by atoms with E-state index < -0.39 is 43.4 Å². The Morgan fingerprint density at radius 1 is 1.29 bits per heavy atom. The number of nitrogens with one attached hydrogen (secondary N) is 1. The standard InChI is InChI=1S/C7H15NO7S2/c1-15-5-6(7(9)10)8-17(13,14)4-3-16(2,11)12/h6,8H,3-5H2,1-2H3,(H,9,10). The molecule has 0 bridgehead atoms. The number of hydrogen-bond acceptors (Lipinski definition) is 6. The summed E-state index contributed by atoms with van der Waals surface area (Å²) in [6.07, 6.45) is 0.895. The molecule has 17 heavy (non-hydrogen) atoms. The van der Waals surface area contributed by atoms with E-state index in [2.05, 4.69) is 4.74 Å². The van der Waals surface area contributed by atoms with Crippen LogP contribution in [0.15, 0.2) is 0 Å². The number of carboxylic acids is 1. The van der Waals surface area contributed by atoms with Crippen LogP contribution in [0.5, 0.6) is 0 Å². The van der Waals surface area contributed by atoms with E-state index in [4.69, 9.17) is 5.11 Å². The SMILES string of the molecule is COCC(NS(=O)(=O)CCS(C)(=O)=O)C(=O)O. The summed E-state index contributed by atoms with van der Waals surface area (Å²) in [5.41, 5.74) is 0. The number of sulfonamides is 1. The summed E-state index contributed by atoms with van der Waals surface area (Å²) in [5, 5.41) is 8.67. The lowest BCUT2D eigenvalue weighted by atomic mass is 10.3. The maximum Gasteiger partial charge on any atom is 0.324 e. The van der Waals surface area contributed by atoms with E-state index in [1.807, 2.05) is 4.72 Å². The number of methoxy groups -OCH3 is 1. The van der Waals surface area contributed by atoms with Gasteiger partial charge >= 0.3 is 5.97 Å². The molecule has 0 aliphatic rings. The molecule has 0 fully saturated rings. The van der Waals surface area contributed by atoms with E-state index in [0.717, 1.165) is 6.26 Å². The first kappa shape index (κ1) is 16.3. The zero-order valence-electron chi connectivity index (χ0n) is 9.41. The summed E-state index contributed by atoms with van der Waals surface area (Å²) in [7, 11) is -6.17. The van der Waals surface area contributed by atoms with Crippen molar-refractivity contribution in [2.45, 2.75) is 6.04 Å². The largest absolute Gasteiger partial charge is 0.480 e. The summed E-state index contributed by atoms with van der Waals surface area (Å²) in [4.78, 5) is 10.6. The first-order valence-corrected chi connectivity index (χ1v) is 8.18. The average Bonchev–Trinajstić information content (AvgIpc) is 2.13. The molecule has 8 nitrogen and oxygen atoms in total. The number of ether oxygens (including phenoxy) is 1. The van der Waals surface area contributed by atoms with Crippen LogP contribution in [-0.2, 0) is 29.4 Å². The number of hydrogen-bond donors (Lipinski definition) is 2. The fraction of sp³-hybridized carbons (Fsp3) is 0.857. The molecule has 0 rings (SSSR count). The summed E-state index contributed by atoms with van der Waals surface area (Å²) in [6.45, 7) is -0.340. The van der Waals surface area contributed by atoms with Gasteiger partial charge in [0.2, 0.25) is 10.0 Å². The molecule has 0 heterocycles. The minimum absolute atomic E-state index is 0.340. The van der Waals surface area contributed by atoms with Gasteiger partial charge in [-0.25, -0.2) is 16.8 Å². The second-order valence-corrected chi connectivity index (χ2v) is 7.55. The molecule has 1 unspecified atom stereocenters. The molecule has 0 aromatic rings. The van der Waals surface area contributed by atoms with Crippen LogP contribution in [0.1, 0.15) is 0 Å². The fourth-order valence-electron chi connectivity index (χ4n) is 0.859. The molecule has 0 amide bonds. The van der Waals surface area contributed by atoms with Gasteiger partial charge in [-0.3, -0.25) is 4.79 Å². The van der Waals surface area contributed by atoms with Gasteiger partial charge in [0.15, 0.2) is 0 Å². The summed E-state index contributed by atoms with van der Waals surface area (Å²) in [5.74, 6) is -2.64. The first-order chi connectivity index (χ1) is 7.57. The van der Waals surface area contributed by atoms with Crippen LogP contribution in [-0.4, -0.2) is 65.4 Å². The summed E-state index contributed by atoms with van der Waals surface area (Å²) < 4.78 is 50.7. The van der Waals surface area contributed by atoms with E-state index >= 15 is 0 Å². The molecule has 2 N–H and O–H groups in total. The normalized spacial score (nSPS) is 14.5. The molecule has 0 spiro atoms. The second kappa shape index (κ2) is 6.28. The highest BCUT2D eigenvalue weighted by molar-refractivity contribution is 7.93. The van der Waals surface area contributed by atoms with Gasteiger partial charge in [-0.1, -0.05) is 0 Å². The Bertz CT molecular complexity index is 453. The Kier molecular flexibility index (Phi) is 6.02. The average molecular weight is 289 g/mol. The van der Waals surface area contributed by atoms with Crippen LogP contribution < -0.4 is 4.72 Å². The van der Waals surface area contributed by atoms with Crippen molar-refractivity contribution in [3.8, 4) is 0 Å². The summed E-state index contributed by atoms with van der Waals surface area (Å²) in [6, 6.07) is -1.43. The Balaban J connectivity index is 4.57. The van der Waals surface area contributed by atoms with E-state index in [1.165, 1.54) is 7.11 Å². The quantitative estimate of drug-likeness (QED) is 0.531. The number of aliphatic carboxylic acids is 1. The highest BCUT2D eigenvalue weighted by Crippen LogP contribution is 1.94. The molecular weight excluding hydrogens is 274 g/mol. The number of carboxylic acid groups (broad SMARTS) is 1. The van der Waals surface area contributed by atoms with Crippen molar-refractivity contribution in [2.24, 2.45) is 0 Å². The zero-order chi connectivity index (χ0) is 13.7. The minimum Gasteiger partial charge on any atom is -0.480 e. The highest BCUT2D eigenvalue weighted by Gasteiger charge is 2.24. The van der Waals surface area contributed by atoms with Crippen LogP contribution in [0.3, 0.4) is 0 Å². The Morgan fingerprint density at radius 3 is 2.18 bits per heavy atom. The van der Waals surface area contributed by atoms with Gasteiger partial charge in [0.1, 0.15) is 15.9 Å².